The van der Waals surface area contributed by atoms with E-state index in [1.807, 2.05) is 0 Å². The number of esters is 1. The third-order valence-electron chi connectivity index (χ3n) is 2.97. The second kappa shape index (κ2) is 6.21. The lowest BCUT2D eigenvalue weighted by Gasteiger charge is -2.06. The van der Waals surface area contributed by atoms with Crippen molar-refractivity contribution in [2.24, 2.45) is 0 Å². The minimum Gasteiger partial charge on any atom is -0.502 e. The van der Waals surface area contributed by atoms with E-state index in [9.17, 15) is 24.4 Å². The molecule has 0 spiro atoms. The van der Waals surface area contributed by atoms with Crippen LogP contribution >= 0.6 is 0 Å². The van der Waals surface area contributed by atoms with Crippen LogP contribution in [0.15, 0.2) is 36.4 Å². The maximum absolute atomic E-state index is 14.0. The van der Waals surface area contributed by atoms with E-state index in [4.69, 9.17) is 4.74 Å². The van der Waals surface area contributed by atoms with E-state index in [0.717, 1.165) is 18.2 Å². The predicted octanol–water partition coefficient (Wildman–Crippen LogP) is 3.28. The van der Waals surface area contributed by atoms with E-state index in [1.165, 1.54) is 18.2 Å². The van der Waals surface area contributed by atoms with Gasteiger partial charge in [0.05, 0.1) is 17.1 Å². The molecule has 0 aromatic heterocycles. The number of nitrogens with zero attached hydrogens (tertiary/aromatic N) is 1. The summed E-state index contributed by atoms with van der Waals surface area (Å²) in [6.07, 6.45) is 0. The van der Waals surface area contributed by atoms with Gasteiger partial charge < -0.3 is 9.84 Å². The van der Waals surface area contributed by atoms with Gasteiger partial charge in [-0.05, 0) is 36.2 Å². The Morgan fingerprint density at radius 3 is 2.50 bits per heavy atom. The highest BCUT2D eigenvalue weighted by Gasteiger charge is 2.17. The molecule has 0 atom stereocenters. The van der Waals surface area contributed by atoms with Crippen LogP contribution in [-0.2, 0) is 4.74 Å². The number of hydrogen-bond acceptors (Lipinski definition) is 5. The van der Waals surface area contributed by atoms with Crippen molar-refractivity contribution in [2.45, 2.75) is 6.92 Å². The minimum atomic E-state index is -0.785. The second-order valence-electron chi connectivity index (χ2n) is 4.38. The Bertz CT molecular complexity index is 745. The van der Waals surface area contributed by atoms with Crippen LogP contribution in [0.1, 0.15) is 17.3 Å². The van der Waals surface area contributed by atoms with Crippen LogP contribution in [0.25, 0.3) is 11.1 Å². The van der Waals surface area contributed by atoms with Crippen molar-refractivity contribution in [3.05, 3.63) is 57.9 Å². The number of rotatable bonds is 4. The molecule has 114 valence electrons. The van der Waals surface area contributed by atoms with Gasteiger partial charge in [-0.2, -0.15) is 0 Å². The standard InChI is InChI=1S/C15H12FNO5/c1-2-22-15(19)11-5-3-9(7-12(11)16)10-4-6-14(18)13(8-10)17(20)21/h3-8,18H,2H2,1H3. The van der Waals surface area contributed by atoms with Crippen molar-refractivity contribution in [3.8, 4) is 16.9 Å². The van der Waals surface area contributed by atoms with Crippen molar-refractivity contribution < 1.29 is 24.0 Å². The zero-order valence-electron chi connectivity index (χ0n) is 11.6. The molecule has 6 nitrogen and oxygen atoms in total. The van der Waals surface area contributed by atoms with Gasteiger partial charge in [0, 0.05) is 6.07 Å². The van der Waals surface area contributed by atoms with Crippen molar-refractivity contribution in [1.29, 1.82) is 0 Å². The molecule has 0 amide bonds. The summed E-state index contributed by atoms with van der Waals surface area (Å²) in [5.41, 5.74) is -0.00119. The Morgan fingerprint density at radius 2 is 1.91 bits per heavy atom. The monoisotopic (exact) mass is 305 g/mol. The van der Waals surface area contributed by atoms with Crippen LogP contribution in [-0.4, -0.2) is 22.6 Å². The number of benzene rings is 2. The van der Waals surface area contributed by atoms with Gasteiger partial charge in [0.15, 0.2) is 5.75 Å². The van der Waals surface area contributed by atoms with Crippen LogP contribution < -0.4 is 0 Å². The Morgan fingerprint density at radius 1 is 1.27 bits per heavy atom. The first-order valence-electron chi connectivity index (χ1n) is 6.38. The molecule has 0 saturated carbocycles. The maximum Gasteiger partial charge on any atom is 0.341 e. The van der Waals surface area contributed by atoms with Crippen LogP contribution in [0.5, 0.6) is 5.75 Å². The highest BCUT2D eigenvalue weighted by molar-refractivity contribution is 5.90. The first-order chi connectivity index (χ1) is 10.4. The molecule has 1 N–H and O–H groups in total. The quantitative estimate of drug-likeness (QED) is 0.532. The minimum absolute atomic E-state index is 0.129. The number of nitro benzene ring substituents is 1. The van der Waals surface area contributed by atoms with Crippen molar-refractivity contribution >= 4 is 11.7 Å². The first kappa shape index (κ1) is 15.4. The summed E-state index contributed by atoms with van der Waals surface area (Å²) in [5, 5.41) is 20.2. The van der Waals surface area contributed by atoms with Gasteiger partial charge in [0.25, 0.3) is 0 Å². The number of phenolic OH excluding ortho intramolecular Hbond substituents is 1. The number of aromatic hydroxyl groups is 1. The molecule has 0 aliphatic rings. The Labute approximate surface area is 124 Å². The highest BCUT2D eigenvalue weighted by atomic mass is 19.1. The number of phenols is 1. The van der Waals surface area contributed by atoms with Crippen LogP contribution in [0.4, 0.5) is 10.1 Å². The van der Waals surface area contributed by atoms with Gasteiger partial charge >= 0.3 is 11.7 Å². The van der Waals surface area contributed by atoms with Gasteiger partial charge in [-0.25, -0.2) is 9.18 Å². The molecule has 2 rings (SSSR count). The fourth-order valence-corrected chi connectivity index (χ4v) is 1.92. The lowest BCUT2D eigenvalue weighted by Crippen LogP contribution is -2.07. The molecule has 22 heavy (non-hydrogen) atoms. The van der Waals surface area contributed by atoms with Gasteiger partial charge in [-0.15, -0.1) is 0 Å². The average molecular weight is 305 g/mol. The van der Waals surface area contributed by atoms with Crippen LogP contribution in [0, 0.1) is 15.9 Å². The van der Waals surface area contributed by atoms with Crippen molar-refractivity contribution in [1.82, 2.24) is 0 Å². The Kier molecular flexibility index (Phi) is 4.36. The van der Waals surface area contributed by atoms with E-state index in [1.54, 1.807) is 6.92 Å². The lowest BCUT2D eigenvalue weighted by molar-refractivity contribution is -0.385. The van der Waals surface area contributed by atoms with E-state index >= 15 is 0 Å². The summed E-state index contributed by atoms with van der Waals surface area (Å²) in [6, 6.07) is 7.50. The molecule has 0 saturated heterocycles. The number of carbonyl (C=O) groups excluding carboxylic acids is 1. The number of halogens is 1. The van der Waals surface area contributed by atoms with Gasteiger partial charge in [0.1, 0.15) is 5.82 Å². The molecule has 0 heterocycles. The molecule has 7 heteroatoms. The molecule has 0 aliphatic carbocycles. The normalized spacial score (nSPS) is 10.3. The number of carbonyl (C=O) groups is 1. The predicted molar refractivity (Wildman–Crippen MR) is 76.1 cm³/mol. The summed E-state index contributed by atoms with van der Waals surface area (Å²) in [5.74, 6) is -2.03. The molecule has 2 aromatic rings. The van der Waals surface area contributed by atoms with Crippen LogP contribution in [0.2, 0.25) is 0 Å². The summed E-state index contributed by atoms with van der Waals surface area (Å²) in [6.45, 7) is 1.74. The third-order valence-corrected chi connectivity index (χ3v) is 2.97. The average Bonchev–Trinajstić information content (AvgIpc) is 2.47. The summed E-state index contributed by atoms with van der Waals surface area (Å²) < 4.78 is 18.7. The smallest absolute Gasteiger partial charge is 0.341 e. The zero-order valence-corrected chi connectivity index (χ0v) is 11.6. The molecular formula is C15H12FNO5. The highest BCUT2D eigenvalue weighted by Crippen LogP contribution is 2.31. The topological polar surface area (TPSA) is 89.7 Å². The SMILES string of the molecule is CCOC(=O)c1ccc(-c2ccc(O)c([N+](=O)[O-])c2)cc1F. The molecule has 2 aromatic carbocycles. The van der Waals surface area contributed by atoms with Crippen molar-refractivity contribution in [3.63, 3.8) is 0 Å². The molecule has 0 fully saturated rings. The molecule has 0 aliphatic heterocycles. The van der Waals surface area contributed by atoms with E-state index in [0.29, 0.717) is 11.1 Å². The fraction of sp³-hybridized carbons (Fsp3) is 0.133. The van der Waals surface area contributed by atoms with Gasteiger partial charge in [-0.3, -0.25) is 10.1 Å². The first-order valence-corrected chi connectivity index (χ1v) is 6.38. The van der Waals surface area contributed by atoms with E-state index in [-0.39, 0.29) is 12.2 Å². The second-order valence-corrected chi connectivity index (χ2v) is 4.38. The third kappa shape index (κ3) is 3.03. The van der Waals surface area contributed by atoms with Gasteiger partial charge in [-0.1, -0.05) is 12.1 Å². The summed E-state index contributed by atoms with van der Waals surface area (Å²) in [7, 11) is 0. The molecule has 0 radical (unpaired) electrons. The van der Waals surface area contributed by atoms with Gasteiger partial charge in [0.2, 0.25) is 0 Å². The van der Waals surface area contributed by atoms with Crippen molar-refractivity contribution in [2.75, 3.05) is 6.61 Å². The molecule has 0 unspecified atom stereocenters. The summed E-state index contributed by atoms with van der Waals surface area (Å²) in [4.78, 5) is 21.6. The largest absolute Gasteiger partial charge is 0.502 e. The van der Waals surface area contributed by atoms with E-state index < -0.39 is 28.1 Å². The number of nitro groups is 1. The van der Waals surface area contributed by atoms with E-state index in [2.05, 4.69) is 0 Å². The number of ether oxygens (including phenoxy) is 1. The summed E-state index contributed by atoms with van der Waals surface area (Å²) >= 11 is 0. The van der Waals surface area contributed by atoms with Crippen LogP contribution in [0.3, 0.4) is 0 Å². The maximum atomic E-state index is 14.0. The molecular weight excluding hydrogens is 293 g/mol. The zero-order chi connectivity index (χ0) is 16.3. The molecule has 0 bridgehead atoms. The number of hydrogen-bond donors (Lipinski definition) is 1. The Hall–Kier alpha value is -2.96. The Balaban J connectivity index is 2.42. The lowest BCUT2D eigenvalue weighted by atomic mass is 10.0. The fourth-order valence-electron chi connectivity index (χ4n) is 1.92.